The molecule has 2 N–H and O–H groups in total. The minimum Gasteiger partial charge on any atom is -0.458 e. The number of ketones is 1. The van der Waals surface area contributed by atoms with Crippen molar-refractivity contribution in [1.82, 2.24) is 4.98 Å². The molecule has 1 aromatic heterocycles. The molecule has 0 aliphatic carbocycles. The SMILES string of the molecule is CC(=O)OC1=C(N)OC(c2ccc3ccccc3n2)C1=O. The number of hydrogen-bond donors (Lipinski definition) is 1. The number of benzene rings is 1. The number of hydrogen-bond acceptors (Lipinski definition) is 6. The second-order valence-electron chi connectivity index (χ2n) is 4.58. The first-order chi connectivity index (χ1) is 10.1. The number of nitrogens with zero attached hydrogens (tertiary/aromatic N) is 1. The van der Waals surface area contributed by atoms with E-state index in [4.69, 9.17) is 15.2 Å². The van der Waals surface area contributed by atoms with Crippen molar-refractivity contribution in [3.63, 3.8) is 0 Å². The van der Waals surface area contributed by atoms with Gasteiger partial charge in [-0.25, -0.2) is 4.98 Å². The molecular formula is C15H12N2O4. The Bertz CT molecular complexity index is 782. The third-order valence-corrected chi connectivity index (χ3v) is 3.06. The van der Waals surface area contributed by atoms with Crippen molar-refractivity contribution in [2.24, 2.45) is 5.73 Å². The molecule has 0 saturated carbocycles. The zero-order valence-corrected chi connectivity index (χ0v) is 11.2. The number of carbonyl (C=O) groups excluding carboxylic acids is 2. The van der Waals surface area contributed by atoms with Crippen molar-refractivity contribution in [3.05, 3.63) is 53.7 Å². The van der Waals surface area contributed by atoms with Crippen molar-refractivity contribution in [2.45, 2.75) is 13.0 Å². The first-order valence-electron chi connectivity index (χ1n) is 6.31. The summed E-state index contributed by atoms with van der Waals surface area (Å²) >= 11 is 0. The molecule has 1 unspecified atom stereocenters. The van der Waals surface area contributed by atoms with Gasteiger partial charge >= 0.3 is 5.97 Å². The number of esters is 1. The van der Waals surface area contributed by atoms with Crippen molar-refractivity contribution >= 4 is 22.7 Å². The molecule has 0 radical (unpaired) electrons. The molecule has 3 rings (SSSR count). The van der Waals surface area contributed by atoms with Crippen LogP contribution >= 0.6 is 0 Å². The molecule has 0 amide bonds. The van der Waals surface area contributed by atoms with E-state index in [0.717, 1.165) is 10.9 Å². The predicted octanol–water partition coefficient (Wildman–Crippen LogP) is 1.57. The van der Waals surface area contributed by atoms with E-state index in [1.54, 1.807) is 6.07 Å². The Hall–Kier alpha value is -2.89. The largest absolute Gasteiger partial charge is 0.458 e. The van der Waals surface area contributed by atoms with Crippen LogP contribution in [0.3, 0.4) is 0 Å². The fraction of sp³-hybridized carbons (Fsp3) is 0.133. The molecule has 0 spiro atoms. The fourth-order valence-electron chi connectivity index (χ4n) is 2.14. The maximum atomic E-state index is 12.2. The first-order valence-corrected chi connectivity index (χ1v) is 6.31. The molecule has 21 heavy (non-hydrogen) atoms. The van der Waals surface area contributed by atoms with Crippen LogP contribution in [0.25, 0.3) is 10.9 Å². The molecule has 0 saturated heterocycles. The summed E-state index contributed by atoms with van der Waals surface area (Å²) in [6.07, 6.45) is -0.982. The maximum Gasteiger partial charge on any atom is 0.308 e. The molecule has 0 bridgehead atoms. The zero-order valence-electron chi connectivity index (χ0n) is 11.2. The average Bonchev–Trinajstić information content (AvgIpc) is 2.74. The van der Waals surface area contributed by atoms with E-state index in [-0.39, 0.29) is 11.6 Å². The third kappa shape index (κ3) is 2.31. The summed E-state index contributed by atoms with van der Waals surface area (Å²) in [6.45, 7) is 1.19. The van der Waals surface area contributed by atoms with Crippen LogP contribution in [0.2, 0.25) is 0 Å². The van der Waals surface area contributed by atoms with Gasteiger partial charge < -0.3 is 15.2 Å². The molecular weight excluding hydrogens is 272 g/mol. The lowest BCUT2D eigenvalue weighted by Gasteiger charge is -2.09. The van der Waals surface area contributed by atoms with Gasteiger partial charge in [0, 0.05) is 12.3 Å². The summed E-state index contributed by atoms with van der Waals surface area (Å²) in [5.41, 5.74) is 6.75. The lowest BCUT2D eigenvalue weighted by atomic mass is 10.1. The topological polar surface area (TPSA) is 91.5 Å². The number of pyridine rings is 1. The smallest absolute Gasteiger partial charge is 0.308 e. The highest BCUT2D eigenvalue weighted by Crippen LogP contribution is 2.31. The van der Waals surface area contributed by atoms with Gasteiger partial charge in [0.1, 0.15) is 0 Å². The van der Waals surface area contributed by atoms with E-state index in [2.05, 4.69) is 4.98 Å². The number of rotatable bonds is 2. The van der Waals surface area contributed by atoms with E-state index in [1.807, 2.05) is 30.3 Å². The third-order valence-electron chi connectivity index (χ3n) is 3.06. The van der Waals surface area contributed by atoms with Crippen LogP contribution in [0.15, 0.2) is 48.0 Å². The van der Waals surface area contributed by atoms with Gasteiger partial charge in [-0.05, 0) is 12.1 Å². The molecule has 106 valence electrons. The molecule has 1 aliphatic heterocycles. The molecule has 6 nitrogen and oxygen atoms in total. The summed E-state index contributed by atoms with van der Waals surface area (Å²) in [5, 5.41) is 0.952. The van der Waals surface area contributed by atoms with E-state index >= 15 is 0 Å². The Balaban J connectivity index is 1.94. The minimum absolute atomic E-state index is 0.199. The Morgan fingerprint density at radius 2 is 2.05 bits per heavy atom. The molecule has 1 atom stereocenters. The Morgan fingerprint density at radius 3 is 2.81 bits per heavy atom. The van der Waals surface area contributed by atoms with Crippen LogP contribution in [-0.2, 0) is 19.1 Å². The van der Waals surface area contributed by atoms with Crippen molar-refractivity contribution in [2.75, 3.05) is 0 Å². The van der Waals surface area contributed by atoms with Gasteiger partial charge in [0.2, 0.25) is 23.5 Å². The van der Waals surface area contributed by atoms with E-state index in [0.29, 0.717) is 5.69 Å². The number of carbonyl (C=O) groups is 2. The predicted molar refractivity (Wildman–Crippen MR) is 73.6 cm³/mol. The van der Waals surface area contributed by atoms with Crippen LogP contribution in [0, 0.1) is 0 Å². The zero-order chi connectivity index (χ0) is 15.0. The Morgan fingerprint density at radius 1 is 1.29 bits per heavy atom. The van der Waals surface area contributed by atoms with Crippen molar-refractivity contribution in [3.8, 4) is 0 Å². The van der Waals surface area contributed by atoms with Crippen LogP contribution in [0.5, 0.6) is 0 Å². The summed E-state index contributed by atoms with van der Waals surface area (Å²) in [7, 11) is 0. The Kier molecular flexibility index (Phi) is 3.06. The molecule has 1 aromatic carbocycles. The summed E-state index contributed by atoms with van der Waals surface area (Å²) in [6, 6.07) is 11.0. The van der Waals surface area contributed by atoms with Crippen molar-refractivity contribution in [1.29, 1.82) is 0 Å². The summed E-state index contributed by atoms with van der Waals surface area (Å²) in [5.74, 6) is -1.60. The quantitative estimate of drug-likeness (QED) is 0.841. The maximum absolute atomic E-state index is 12.2. The van der Waals surface area contributed by atoms with Crippen LogP contribution in [0.1, 0.15) is 18.7 Å². The highest BCUT2D eigenvalue weighted by atomic mass is 16.6. The normalized spacial score (nSPS) is 18.0. The molecule has 0 fully saturated rings. The molecule has 2 heterocycles. The number of nitrogens with two attached hydrogens (primary N) is 1. The van der Waals surface area contributed by atoms with Crippen LogP contribution in [-0.4, -0.2) is 16.7 Å². The van der Waals surface area contributed by atoms with Crippen molar-refractivity contribution < 1.29 is 19.1 Å². The minimum atomic E-state index is -0.982. The van der Waals surface area contributed by atoms with Gasteiger partial charge in [-0.1, -0.05) is 24.3 Å². The summed E-state index contributed by atoms with van der Waals surface area (Å²) < 4.78 is 10.1. The second kappa shape index (κ2) is 4.90. The lowest BCUT2D eigenvalue weighted by molar-refractivity contribution is -0.140. The Labute approximate surface area is 120 Å². The van der Waals surface area contributed by atoms with Gasteiger partial charge in [-0.2, -0.15) is 0 Å². The molecule has 1 aliphatic rings. The highest BCUT2D eigenvalue weighted by molar-refractivity contribution is 6.01. The number of ether oxygens (including phenoxy) is 2. The lowest BCUT2D eigenvalue weighted by Crippen LogP contribution is -2.14. The number of aromatic nitrogens is 1. The van der Waals surface area contributed by atoms with Gasteiger partial charge in [0.05, 0.1) is 11.2 Å². The van der Waals surface area contributed by atoms with E-state index < -0.39 is 17.9 Å². The number of para-hydroxylation sites is 1. The van der Waals surface area contributed by atoms with Crippen LogP contribution < -0.4 is 5.73 Å². The highest BCUT2D eigenvalue weighted by Gasteiger charge is 2.38. The molecule has 6 heteroatoms. The van der Waals surface area contributed by atoms with E-state index in [1.165, 1.54) is 6.92 Å². The van der Waals surface area contributed by atoms with Gasteiger partial charge in [-0.3, -0.25) is 9.59 Å². The monoisotopic (exact) mass is 284 g/mol. The molecule has 2 aromatic rings. The summed E-state index contributed by atoms with van der Waals surface area (Å²) in [4.78, 5) is 27.6. The standard InChI is InChI=1S/C15H12N2O4/c1-8(18)20-14-12(19)13(21-15(14)16)11-7-6-9-4-2-3-5-10(9)17-11/h2-7,13H,16H2,1H3. The van der Waals surface area contributed by atoms with Gasteiger partial charge in [0.25, 0.3) is 0 Å². The number of fused-ring (bicyclic) bond motifs is 1. The fourth-order valence-corrected chi connectivity index (χ4v) is 2.14. The van der Waals surface area contributed by atoms with Crippen LogP contribution in [0.4, 0.5) is 0 Å². The second-order valence-corrected chi connectivity index (χ2v) is 4.58. The van der Waals surface area contributed by atoms with E-state index in [9.17, 15) is 9.59 Å². The van der Waals surface area contributed by atoms with Gasteiger partial charge in [0.15, 0.2) is 0 Å². The first kappa shape index (κ1) is 13.1. The van der Waals surface area contributed by atoms with Gasteiger partial charge in [-0.15, -0.1) is 0 Å². The average molecular weight is 284 g/mol. The number of Topliss-reactive ketones (excluding diaryl/α,β-unsaturated/α-hetero) is 1.